The van der Waals surface area contributed by atoms with Crippen molar-refractivity contribution in [3.8, 4) is 0 Å². The molecule has 2 rings (SSSR count). The van der Waals surface area contributed by atoms with Crippen LogP contribution in [0.4, 0.5) is 5.69 Å². The minimum Gasteiger partial charge on any atom is -0.379 e. The highest BCUT2D eigenvalue weighted by Gasteiger charge is 2.07. The van der Waals surface area contributed by atoms with Crippen LogP contribution in [0.1, 0.15) is 19.8 Å². The van der Waals surface area contributed by atoms with Gasteiger partial charge in [-0.2, -0.15) is 0 Å². The van der Waals surface area contributed by atoms with Gasteiger partial charge < -0.3 is 4.74 Å². The van der Waals surface area contributed by atoms with Gasteiger partial charge in [-0.05, 0) is 66.6 Å². The molecule has 0 spiro atoms. The summed E-state index contributed by atoms with van der Waals surface area (Å²) < 4.78 is 30.2. The summed E-state index contributed by atoms with van der Waals surface area (Å²) in [5.74, 6) is 0. The Morgan fingerprint density at radius 2 is 1.94 bits per heavy atom. The molecular formula is C12H18INO3S. The van der Waals surface area contributed by atoms with E-state index in [4.69, 9.17) is 4.74 Å². The molecule has 1 heterocycles. The van der Waals surface area contributed by atoms with Gasteiger partial charge in [-0.3, -0.25) is 4.72 Å². The van der Waals surface area contributed by atoms with E-state index in [-0.39, 0.29) is 0 Å². The van der Waals surface area contributed by atoms with Gasteiger partial charge >= 0.3 is 0 Å². The van der Waals surface area contributed by atoms with Crippen LogP contribution < -0.4 is 4.72 Å². The normalized spacial score (nSPS) is 18.9. The maximum Gasteiger partial charge on any atom is 0.229 e. The zero-order valence-corrected chi connectivity index (χ0v) is 13.5. The molecule has 1 aromatic carbocycles. The Morgan fingerprint density at radius 1 is 1.33 bits per heavy atom. The Kier molecular flexibility index (Phi) is 6.37. The van der Waals surface area contributed by atoms with Gasteiger partial charge in [-0.1, -0.05) is 0 Å². The van der Waals surface area contributed by atoms with E-state index in [0.717, 1.165) is 16.4 Å². The number of rotatable bonds is 2. The van der Waals surface area contributed by atoms with Crippen molar-refractivity contribution in [3.63, 3.8) is 0 Å². The first-order chi connectivity index (χ1) is 8.37. The average Bonchev–Trinajstić information content (AvgIpc) is 2.72. The van der Waals surface area contributed by atoms with Gasteiger partial charge in [0.25, 0.3) is 0 Å². The molecule has 1 saturated heterocycles. The van der Waals surface area contributed by atoms with E-state index in [1.54, 1.807) is 12.1 Å². The molecule has 1 N–H and O–H groups in total. The molecule has 0 amide bonds. The van der Waals surface area contributed by atoms with Crippen molar-refractivity contribution >= 4 is 38.3 Å². The highest BCUT2D eigenvalue weighted by atomic mass is 127. The van der Waals surface area contributed by atoms with Crippen LogP contribution >= 0.6 is 22.6 Å². The van der Waals surface area contributed by atoms with Gasteiger partial charge in [0, 0.05) is 15.9 Å². The molecule has 1 atom stereocenters. The standard InChI is InChI=1S/C7H8INO2S.C5H10O/c1-12(10,11)9-7-4-2-6(8)3-5-7;1-5-3-2-4-6-5/h2-5,9H,1H3;5H,2-4H2,1H3. The molecule has 6 heteroatoms. The SMILES string of the molecule is CC1CCCO1.CS(=O)(=O)Nc1ccc(I)cc1. The predicted octanol–water partition coefficient (Wildman–Crippen LogP) is 2.85. The Bertz CT molecular complexity index is 453. The third-order valence-corrected chi connectivity index (χ3v) is 3.63. The van der Waals surface area contributed by atoms with Crippen molar-refractivity contribution in [2.45, 2.75) is 25.9 Å². The number of anilines is 1. The topological polar surface area (TPSA) is 55.4 Å². The third kappa shape index (κ3) is 7.17. The summed E-state index contributed by atoms with van der Waals surface area (Å²) in [7, 11) is -3.14. The highest BCUT2D eigenvalue weighted by molar-refractivity contribution is 14.1. The maximum atomic E-state index is 10.8. The minimum absolute atomic E-state index is 0.546. The van der Waals surface area contributed by atoms with Crippen molar-refractivity contribution in [2.24, 2.45) is 0 Å². The molecule has 1 aliphatic rings. The van der Waals surface area contributed by atoms with E-state index in [0.29, 0.717) is 11.8 Å². The van der Waals surface area contributed by atoms with Crippen LogP contribution in [0.3, 0.4) is 0 Å². The number of hydrogen-bond donors (Lipinski definition) is 1. The summed E-state index contributed by atoms with van der Waals surface area (Å²) in [6.45, 7) is 3.11. The van der Waals surface area contributed by atoms with E-state index in [1.165, 1.54) is 12.8 Å². The number of benzene rings is 1. The van der Waals surface area contributed by atoms with Crippen LogP contribution in [-0.2, 0) is 14.8 Å². The lowest BCUT2D eigenvalue weighted by Gasteiger charge is -2.02. The summed E-state index contributed by atoms with van der Waals surface area (Å²) in [4.78, 5) is 0. The first-order valence-electron chi connectivity index (χ1n) is 5.72. The zero-order chi connectivity index (χ0) is 13.6. The summed E-state index contributed by atoms with van der Waals surface area (Å²) in [6, 6.07) is 7.13. The quantitative estimate of drug-likeness (QED) is 0.800. The second-order valence-electron chi connectivity index (χ2n) is 4.20. The fraction of sp³-hybridized carbons (Fsp3) is 0.500. The second kappa shape index (κ2) is 7.30. The molecule has 18 heavy (non-hydrogen) atoms. The van der Waals surface area contributed by atoms with Crippen LogP contribution in [0.2, 0.25) is 0 Å². The number of nitrogens with one attached hydrogen (secondary N) is 1. The number of hydrogen-bond acceptors (Lipinski definition) is 3. The Labute approximate surface area is 122 Å². The van der Waals surface area contributed by atoms with Gasteiger partial charge in [-0.25, -0.2) is 8.42 Å². The minimum atomic E-state index is -3.14. The van der Waals surface area contributed by atoms with Crippen molar-refractivity contribution < 1.29 is 13.2 Å². The van der Waals surface area contributed by atoms with E-state index < -0.39 is 10.0 Å². The molecule has 0 saturated carbocycles. The summed E-state index contributed by atoms with van der Waals surface area (Å²) >= 11 is 2.16. The highest BCUT2D eigenvalue weighted by Crippen LogP contribution is 2.11. The van der Waals surface area contributed by atoms with Crippen LogP contribution in [0.25, 0.3) is 0 Å². The first-order valence-corrected chi connectivity index (χ1v) is 8.69. The lowest BCUT2D eigenvalue weighted by atomic mass is 10.3. The fourth-order valence-electron chi connectivity index (χ4n) is 1.47. The summed E-state index contributed by atoms with van der Waals surface area (Å²) in [5, 5.41) is 0. The summed E-state index contributed by atoms with van der Waals surface area (Å²) in [5.41, 5.74) is 0.595. The van der Waals surface area contributed by atoms with Crippen LogP contribution in [-0.4, -0.2) is 27.4 Å². The molecule has 0 bridgehead atoms. The molecule has 102 valence electrons. The van der Waals surface area contributed by atoms with E-state index >= 15 is 0 Å². The molecule has 1 aromatic rings. The molecule has 1 aliphatic heterocycles. The van der Waals surface area contributed by atoms with Gasteiger partial charge in [-0.15, -0.1) is 0 Å². The Balaban J connectivity index is 0.000000225. The molecule has 0 aliphatic carbocycles. The number of ether oxygens (including phenoxy) is 1. The van der Waals surface area contributed by atoms with Crippen LogP contribution in [0.15, 0.2) is 24.3 Å². The van der Waals surface area contributed by atoms with Crippen molar-refractivity contribution in [1.82, 2.24) is 0 Å². The molecule has 1 fully saturated rings. The molecule has 4 nitrogen and oxygen atoms in total. The smallest absolute Gasteiger partial charge is 0.229 e. The average molecular weight is 383 g/mol. The molecule has 1 unspecified atom stereocenters. The Morgan fingerprint density at radius 3 is 2.28 bits per heavy atom. The van der Waals surface area contributed by atoms with Gasteiger partial charge in [0.1, 0.15) is 0 Å². The molecule has 0 aromatic heterocycles. The third-order valence-electron chi connectivity index (χ3n) is 2.30. The van der Waals surface area contributed by atoms with E-state index in [1.807, 2.05) is 12.1 Å². The fourth-order valence-corrected chi connectivity index (χ4v) is 2.39. The Hall–Kier alpha value is -0.340. The van der Waals surface area contributed by atoms with Crippen molar-refractivity contribution in [3.05, 3.63) is 27.8 Å². The predicted molar refractivity (Wildman–Crippen MR) is 82.3 cm³/mol. The largest absolute Gasteiger partial charge is 0.379 e. The van der Waals surface area contributed by atoms with Crippen molar-refractivity contribution in [2.75, 3.05) is 17.6 Å². The monoisotopic (exact) mass is 383 g/mol. The number of halogens is 1. The second-order valence-corrected chi connectivity index (χ2v) is 7.20. The lowest BCUT2D eigenvalue weighted by molar-refractivity contribution is 0.125. The van der Waals surface area contributed by atoms with Gasteiger partial charge in [0.05, 0.1) is 12.4 Å². The van der Waals surface area contributed by atoms with Crippen LogP contribution in [0.5, 0.6) is 0 Å². The number of sulfonamides is 1. The molecule has 0 radical (unpaired) electrons. The first kappa shape index (κ1) is 15.7. The van der Waals surface area contributed by atoms with Crippen LogP contribution in [0, 0.1) is 3.57 Å². The summed E-state index contributed by atoms with van der Waals surface area (Å²) in [6.07, 6.45) is 4.21. The zero-order valence-electron chi connectivity index (χ0n) is 10.5. The molecular weight excluding hydrogens is 365 g/mol. The lowest BCUT2D eigenvalue weighted by Crippen LogP contribution is -2.09. The van der Waals surface area contributed by atoms with Gasteiger partial charge in [0.2, 0.25) is 10.0 Å². The van der Waals surface area contributed by atoms with Crippen molar-refractivity contribution in [1.29, 1.82) is 0 Å². The maximum absolute atomic E-state index is 10.8. The van der Waals surface area contributed by atoms with Gasteiger partial charge in [0.15, 0.2) is 0 Å². The van der Waals surface area contributed by atoms with E-state index in [2.05, 4.69) is 34.2 Å². The van der Waals surface area contributed by atoms with E-state index in [9.17, 15) is 8.42 Å².